The van der Waals surface area contributed by atoms with Gasteiger partial charge in [-0.2, -0.15) is 0 Å². The summed E-state index contributed by atoms with van der Waals surface area (Å²) < 4.78 is 15.7. The van der Waals surface area contributed by atoms with E-state index in [0.717, 1.165) is 17.9 Å². The maximum Gasteiger partial charge on any atom is 0.124 e. The van der Waals surface area contributed by atoms with Crippen LogP contribution < -0.4 is 4.74 Å². The van der Waals surface area contributed by atoms with E-state index in [9.17, 15) is 0 Å². The summed E-state index contributed by atoms with van der Waals surface area (Å²) in [7, 11) is 1.67. The van der Waals surface area contributed by atoms with Crippen molar-refractivity contribution < 1.29 is 14.2 Å². The average molecular weight is 194 g/mol. The number of ether oxygens (including phenoxy) is 3. The number of rotatable bonds is 5. The maximum absolute atomic E-state index is 5.48. The molecule has 1 heterocycles. The van der Waals surface area contributed by atoms with Gasteiger partial charge in [-0.1, -0.05) is 18.2 Å². The summed E-state index contributed by atoms with van der Waals surface area (Å²) in [6.45, 7) is 2.11. The topological polar surface area (TPSA) is 31.0 Å². The molecule has 76 valence electrons. The average Bonchev–Trinajstić information content (AvgIpc) is 3.03. The van der Waals surface area contributed by atoms with Crippen LogP contribution in [0, 0.1) is 0 Å². The molecule has 0 amide bonds. The Morgan fingerprint density at radius 2 is 2.21 bits per heavy atom. The Balaban J connectivity index is 1.86. The largest absolute Gasteiger partial charge is 0.496 e. The molecule has 1 fully saturated rings. The molecule has 0 aliphatic carbocycles. The summed E-state index contributed by atoms with van der Waals surface area (Å²) >= 11 is 0. The Labute approximate surface area is 83.6 Å². The van der Waals surface area contributed by atoms with Gasteiger partial charge in [0.25, 0.3) is 0 Å². The minimum Gasteiger partial charge on any atom is -0.496 e. The van der Waals surface area contributed by atoms with Gasteiger partial charge in [-0.25, -0.2) is 0 Å². The second-order valence-corrected chi connectivity index (χ2v) is 3.28. The highest BCUT2D eigenvalue weighted by atomic mass is 16.6. The molecular weight excluding hydrogens is 180 g/mol. The summed E-state index contributed by atoms with van der Waals surface area (Å²) in [5.41, 5.74) is 1.08. The molecule has 3 nitrogen and oxygen atoms in total. The van der Waals surface area contributed by atoms with E-state index in [0.29, 0.717) is 19.3 Å². The minimum atomic E-state index is 0.324. The monoisotopic (exact) mass is 194 g/mol. The van der Waals surface area contributed by atoms with Crippen LogP contribution in [0.2, 0.25) is 0 Å². The van der Waals surface area contributed by atoms with Crippen molar-refractivity contribution >= 4 is 0 Å². The van der Waals surface area contributed by atoms with Gasteiger partial charge in [0.2, 0.25) is 0 Å². The predicted molar refractivity (Wildman–Crippen MR) is 52.4 cm³/mol. The van der Waals surface area contributed by atoms with E-state index in [1.54, 1.807) is 7.11 Å². The molecule has 0 radical (unpaired) electrons. The van der Waals surface area contributed by atoms with Crippen molar-refractivity contribution in [2.24, 2.45) is 0 Å². The van der Waals surface area contributed by atoms with Gasteiger partial charge in [0, 0.05) is 5.56 Å². The molecule has 1 aliphatic heterocycles. The summed E-state index contributed by atoms with van der Waals surface area (Å²) in [6.07, 6.45) is 0.324. The van der Waals surface area contributed by atoms with E-state index in [4.69, 9.17) is 14.2 Å². The lowest BCUT2D eigenvalue weighted by molar-refractivity contribution is 0.102. The van der Waals surface area contributed by atoms with E-state index in [-0.39, 0.29) is 0 Å². The van der Waals surface area contributed by atoms with Gasteiger partial charge in [0.1, 0.15) is 11.9 Å². The second kappa shape index (κ2) is 4.44. The lowest BCUT2D eigenvalue weighted by atomic mass is 10.2. The van der Waals surface area contributed by atoms with Crippen molar-refractivity contribution in [1.29, 1.82) is 0 Å². The molecule has 1 aromatic carbocycles. The third-order valence-corrected chi connectivity index (χ3v) is 2.16. The molecule has 1 aromatic rings. The second-order valence-electron chi connectivity index (χ2n) is 3.28. The van der Waals surface area contributed by atoms with E-state index in [2.05, 4.69) is 0 Å². The number of benzene rings is 1. The number of hydrogen-bond donors (Lipinski definition) is 0. The van der Waals surface area contributed by atoms with Crippen LogP contribution in [0.1, 0.15) is 5.56 Å². The highest BCUT2D eigenvalue weighted by Gasteiger charge is 2.22. The standard InChI is InChI=1S/C11H14O3/c1-12-11-5-3-2-4-9(11)6-13-7-10-8-14-10/h2-5,10H,6-8H2,1H3/t10-/m1/s1. The molecular formula is C11H14O3. The maximum atomic E-state index is 5.48. The van der Waals surface area contributed by atoms with Crippen LogP contribution in [0.4, 0.5) is 0 Å². The molecule has 0 bridgehead atoms. The first kappa shape index (κ1) is 9.49. The highest BCUT2D eigenvalue weighted by molar-refractivity contribution is 5.32. The molecule has 14 heavy (non-hydrogen) atoms. The van der Waals surface area contributed by atoms with Gasteiger partial charge < -0.3 is 14.2 Å². The van der Waals surface area contributed by atoms with Gasteiger partial charge in [0.05, 0.1) is 26.9 Å². The zero-order valence-corrected chi connectivity index (χ0v) is 8.23. The molecule has 1 aliphatic rings. The lowest BCUT2D eigenvalue weighted by Crippen LogP contribution is -2.02. The Hall–Kier alpha value is -1.06. The molecule has 3 heteroatoms. The molecule has 0 spiro atoms. The normalized spacial score (nSPS) is 19.4. The van der Waals surface area contributed by atoms with E-state index in [1.165, 1.54) is 0 Å². The molecule has 1 atom stereocenters. The van der Waals surface area contributed by atoms with Crippen molar-refractivity contribution in [2.75, 3.05) is 20.3 Å². The summed E-state index contributed by atoms with van der Waals surface area (Å²) in [5.74, 6) is 0.879. The number of para-hydroxylation sites is 1. The number of epoxide rings is 1. The molecule has 0 saturated carbocycles. The summed E-state index contributed by atoms with van der Waals surface area (Å²) in [6, 6.07) is 7.88. The van der Waals surface area contributed by atoms with Crippen molar-refractivity contribution in [3.05, 3.63) is 29.8 Å². The van der Waals surface area contributed by atoms with E-state index in [1.807, 2.05) is 24.3 Å². The SMILES string of the molecule is COc1ccccc1COC[C@@H]1CO1. The fourth-order valence-corrected chi connectivity index (χ4v) is 1.29. The van der Waals surface area contributed by atoms with Gasteiger partial charge >= 0.3 is 0 Å². The Bertz CT molecular complexity index is 294. The third-order valence-electron chi connectivity index (χ3n) is 2.16. The third kappa shape index (κ3) is 2.47. The van der Waals surface area contributed by atoms with Crippen LogP contribution in [-0.4, -0.2) is 26.4 Å². The number of hydrogen-bond acceptors (Lipinski definition) is 3. The van der Waals surface area contributed by atoms with Crippen molar-refractivity contribution in [3.63, 3.8) is 0 Å². The quantitative estimate of drug-likeness (QED) is 0.667. The van der Waals surface area contributed by atoms with Crippen LogP contribution >= 0.6 is 0 Å². The number of methoxy groups -OCH3 is 1. The zero-order valence-electron chi connectivity index (χ0n) is 8.23. The minimum absolute atomic E-state index is 0.324. The Morgan fingerprint density at radius 1 is 1.43 bits per heavy atom. The zero-order chi connectivity index (χ0) is 9.80. The van der Waals surface area contributed by atoms with E-state index < -0.39 is 0 Å². The molecule has 1 saturated heterocycles. The fourth-order valence-electron chi connectivity index (χ4n) is 1.29. The fraction of sp³-hybridized carbons (Fsp3) is 0.455. The van der Waals surface area contributed by atoms with Gasteiger partial charge in [0.15, 0.2) is 0 Å². The van der Waals surface area contributed by atoms with Crippen molar-refractivity contribution in [3.8, 4) is 5.75 Å². The first-order valence-corrected chi connectivity index (χ1v) is 4.71. The lowest BCUT2D eigenvalue weighted by Gasteiger charge is -2.07. The first-order chi connectivity index (χ1) is 6.90. The highest BCUT2D eigenvalue weighted by Crippen LogP contribution is 2.18. The van der Waals surface area contributed by atoms with Crippen molar-refractivity contribution in [1.82, 2.24) is 0 Å². The summed E-state index contributed by atoms with van der Waals surface area (Å²) in [4.78, 5) is 0. The Kier molecular flexibility index (Phi) is 3.01. The van der Waals surface area contributed by atoms with Crippen LogP contribution in [0.3, 0.4) is 0 Å². The Morgan fingerprint density at radius 3 is 2.93 bits per heavy atom. The van der Waals surface area contributed by atoms with Crippen LogP contribution in [0.15, 0.2) is 24.3 Å². The smallest absolute Gasteiger partial charge is 0.124 e. The van der Waals surface area contributed by atoms with Gasteiger partial charge in [-0.05, 0) is 6.07 Å². The molecule has 0 N–H and O–H groups in total. The van der Waals surface area contributed by atoms with Crippen LogP contribution in [0.25, 0.3) is 0 Å². The summed E-state index contributed by atoms with van der Waals surface area (Å²) in [5, 5.41) is 0. The van der Waals surface area contributed by atoms with Crippen LogP contribution in [0.5, 0.6) is 5.75 Å². The first-order valence-electron chi connectivity index (χ1n) is 4.71. The van der Waals surface area contributed by atoms with Crippen LogP contribution in [-0.2, 0) is 16.1 Å². The molecule has 0 unspecified atom stereocenters. The van der Waals surface area contributed by atoms with Crippen molar-refractivity contribution in [2.45, 2.75) is 12.7 Å². The molecule has 2 rings (SSSR count). The molecule has 0 aromatic heterocycles. The van der Waals surface area contributed by atoms with Gasteiger partial charge in [-0.3, -0.25) is 0 Å². The predicted octanol–water partition coefficient (Wildman–Crippen LogP) is 1.61. The van der Waals surface area contributed by atoms with Gasteiger partial charge in [-0.15, -0.1) is 0 Å². The van der Waals surface area contributed by atoms with E-state index >= 15 is 0 Å².